The molecular formula is C18H32N4O3. The van der Waals surface area contributed by atoms with E-state index in [0.717, 1.165) is 50.5 Å². The number of ether oxygens (including phenoxy) is 1. The first kappa shape index (κ1) is 19.7. The van der Waals surface area contributed by atoms with Crippen LogP contribution in [0.4, 0.5) is 4.79 Å². The Kier molecular flexibility index (Phi) is 6.81. The number of likely N-dealkylation sites (tertiary alicyclic amines) is 1. The van der Waals surface area contributed by atoms with Gasteiger partial charge in [-0.05, 0) is 53.0 Å². The quantitative estimate of drug-likeness (QED) is 0.812. The molecule has 1 saturated heterocycles. The summed E-state index contributed by atoms with van der Waals surface area (Å²) in [5, 5.41) is 7.03. The number of hydrogen-bond acceptors (Lipinski definition) is 6. The molecule has 1 aromatic heterocycles. The number of nitrogens with zero attached hydrogens (tertiary/aromatic N) is 3. The van der Waals surface area contributed by atoms with E-state index in [1.54, 1.807) is 0 Å². The Hall–Kier alpha value is -1.63. The van der Waals surface area contributed by atoms with E-state index in [2.05, 4.69) is 27.3 Å². The van der Waals surface area contributed by atoms with Crippen LogP contribution in [0.5, 0.6) is 0 Å². The third kappa shape index (κ3) is 6.65. The fraction of sp³-hybridized carbons (Fsp3) is 0.833. The van der Waals surface area contributed by atoms with Gasteiger partial charge in [0.15, 0.2) is 5.82 Å². The molecule has 2 rings (SSSR count). The van der Waals surface area contributed by atoms with Crippen molar-refractivity contribution < 1.29 is 14.1 Å². The molecule has 0 radical (unpaired) electrons. The van der Waals surface area contributed by atoms with Crippen molar-refractivity contribution in [3.05, 3.63) is 11.7 Å². The number of hydrogen-bond donors (Lipinski definition) is 1. The zero-order valence-corrected chi connectivity index (χ0v) is 16.2. The monoisotopic (exact) mass is 352 g/mol. The number of alkyl carbamates (subject to hydrolysis) is 1. The lowest BCUT2D eigenvalue weighted by Gasteiger charge is -2.24. The molecule has 1 amide bonds. The van der Waals surface area contributed by atoms with Crippen molar-refractivity contribution in [1.29, 1.82) is 0 Å². The first-order valence-electron chi connectivity index (χ1n) is 9.30. The van der Waals surface area contributed by atoms with E-state index in [1.807, 2.05) is 27.7 Å². The van der Waals surface area contributed by atoms with Crippen molar-refractivity contribution in [2.75, 3.05) is 13.1 Å². The van der Waals surface area contributed by atoms with E-state index in [0.29, 0.717) is 12.5 Å². The third-order valence-corrected chi connectivity index (χ3v) is 4.38. The molecule has 25 heavy (non-hydrogen) atoms. The molecule has 7 nitrogen and oxygen atoms in total. The van der Waals surface area contributed by atoms with Crippen molar-refractivity contribution >= 4 is 6.09 Å². The predicted molar refractivity (Wildman–Crippen MR) is 95.1 cm³/mol. The standard InChI is InChI=1S/C18H32N4O3/c1-6-7-8-16-20-15(21-25-16)12-22-10-9-14(11-22)13(2)19-17(23)24-18(3,4)5/h13-14H,6-12H2,1-5H3,(H,19,23)/t13-,14-/m1/s1. The molecule has 0 bridgehead atoms. The number of nitrogens with one attached hydrogen (secondary N) is 1. The Morgan fingerprint density at radius 1 is 1.48 bits per heavy atom. The van der Waals surface area contributed by atoms with Crippen LogP contribution in [0.15, 0.2) is 4.52 Å². The Balaban J connectivity index is 1.76. The van der Waals surface area contributed by atoms with Crippen molar-refractivity contribution in [3.63, 3.8) is 0 Å². The smallest absolute Gasteiger partial charge is 0.407 e. The van der Waals surface area contributed by atoms with Crippen LogP contribution in [0, 0.1) is 5.92 Å². The lowest BCUT2D eigenvalue weighted by molar-refractivity contribution is 0.0492. The maximum atomic E-state index is 11.9. The highest BCUT2D eigenvalue weighted by molar-refractivity contribution is 5.68. The second-order valence-corrected chi connectivity index (χ2v) is 7.93. The van der Waals surface area contributed by atoms with Crippen LogP contribution in [0.25, 0.3) is 0 Å². The minimum absolute atomic E-state index is 0.0743. The van der Waals surface area contributed by atoms with E-state index in [-0.39, 0.29) is 12.1 Å². The van der Waals surface area contributed by atoms with Gasteiger partial charge >= 0.3 is 6.09 Å². The molecule has 1 aliphatic heterocycles. The summed E-state index contributed by atoms with van der Waals surface area (Å²) in [6.45, 7) is 12.4. The van der Waals surface area contributed by atoms with Gasteiger partial charge in [-0.25, -0.2) is 4.79 Å². The van der Waals surface area contributed by atoms with Gasteiger partial charge in [0.25, 0.3) is 0 Å². The van der Waals surface area contributed by atoms with Gasteiger partial charge in [-0.1, -0.05) is 18.5 Å². The zero-order chi connectivity index (χ0) is 18.4. The topological polar surface area (TPSA) is 80.5 Å². The molecule has 0 spiro atoms. The summed E-state index contributed by atoms with van der Waals surface area (Å²) >= 11 is 0. The lowest BCUT2D eigenvalue weighted by Crippen LogP contribution is -2.42. The highest BCUT2D eigenvalue weighted by Gasteiger charge is 2.29. The average molecular weight is 352 g/mol. The molecule has 1 fully saturated rings. The summed E-state index contributed by atoms with van der Waals surface area (Å²) in [5.41, 5.74) is -0.473. The Bertz CT molecular complexity index is 553. The minimum atomic E-state index is -0.473. The van der Waals surface area contributed by atoms with Crippen LogP contribution in [-0.4, -0.2) is 45.9 Å². The molecule has 2 atom stereocenters. The molecular weight excluding hydrogens is 320 g/mol. The maximum absolute atomic E-state index is 11.9. The van der Waals surface area contributed by atoms with Crippen LogP contribution in [-0.2, 0) is 17.7 Å². The largest absolute Gasteiger partial charge is 0.444 e. The summed E-state index contributed by atoms with van der Waals surface area (Å²) in [5.74, 6) is 1.88. The molecule has 0 unspecified atom stereocenters. The Morgan fingerprint density at radius 2 is 2.24 bits per heavy atom. The number of aromatic nitrogens is 2. The first-order chi connectivity index (χ1) is 11.8. The van der Waals surface area contributed by atoms with Crippen molar-refractivity contribution in [2.24, 2.45) is 5.92 Å². The van der Waals surface area contributed by atoms with Crippen LogP contribution in [0.1, 0.15) is 65.6 Å². The fourth-order valence-corrected chi connectivity index (χ4v) is 3.01. The summed E-state index contributed by atoms with van der Waals surface area (Å²) in [6, 6.07) is 0.0743. The van der Waals surface area contributed by atoms with Crippen LogP contribution in [0.2, 0.25) is 0 Å². The second-order valence-electron chi connectivity index (χ2n) is 7.93. The van der Waals surface area contributed by atoms with Crippen molar-refractivity contribution in [3.8, 4) is 0 Å². The van der Waals surface area contributed by atoms with E-state index in [9.17, 15) is 4.79 Å². The number of rotatable bonds is 7. The van der Waals surface area contributed by atoms with Gasteiger partial charge in [0.2, 0.25) is 5.89 Å². The third-order valence-electron chi connectivity index (χ3n) is 4.38. The predicted octanol–water partition coefficient (Wildman–Crippen LogP) is 3.15. The van der Waals surface area contributed by atoms with Gasteiger partial charge in [0.05, 0.1) is 6.54 Å². The van der Waals surface area contributed by atoms with Gasteiger partial charge in [-0.2, -0.15) is 4.98 Å². The summed E-state index contributed by atoms with van der Waals surface area (Å²) < 4.78 is 10.6. The van der Waals surface area contributed by atoms with E-state index < -0.39 is 5.60 Å². The zero-order valence-electron chi connectivity index (χ0n) is 16.2. The molecule has 1 aliphatic rings. The van der Waals surface area contributed by atoms with Crippen LogP contribution in [0.3, 0.4) is 0 Å². The van der Waals surface area contributed by atoms with Crippen molar-refractivity contribution in [1.82, 2.24) is 20.4 Å². The van der Waals surface area contributed by atoms with Crippen LogP contribution < -0.4 is 5.32 Å². The summed E-state index contributed by atoms with van der Waals surface area (Å²) in [6.07, 6.45) is 3.73. The van der Waals surface area contributed by atoms with Gasteiger partial charge in [0.1, 0.15) is 5.60 Å². The van der Waals surface area contributed by atoms with Gasteiger partial charge in [-0.15, -0.1) is 0 Å². The van der Waals surface area contributed by atoms with Gasteiger partial charge in [-0.3, -0.25) is 4.90 Å². The van der Waals surface area contributed by atoms with E-state index >= 15 is 0 Å². The van der Waals surface area contributed by atoms with Crippen LogP contribution >= 0.6 is 0 Å². The Morgan fingerprint density at radius 3 is 2.92 bits per heavy atom. The van der Waals surface area contributed by atoms with E-state index in [1.165, 1.54) is 0 Å². The molecule has 2 heterocycles. The van der Waals surface area contributed by atoms with Crippen molar-refractivity contribution in [2.45, 2.75) is 78.5 Å². The van der Waals surface area contributed by atoms with Gasteiger partial charge in [0, 0.05) is 19.0 Å². The molecule has 7 heteroatoms. The number of carbonyl (C=O) groups is 1. The fourth-order valence-electron chi connectivity index (χ4n) is 3.01. The van der Waals surface area contributed by atoms with Gasteiger partial charge < -0.3 is 14.6 Å². The lowest BCUT2D eigenvalue weighted by atomic mass is 10.0. The maximum Gasteiger partial charge on any atom is 0.407 e. The highest BCUT2D eigenvalue weighted by atomic mass is 16.6. The molecule has 1 N–H and O–H groups in total. The first-order valence-corrected chi connectivity index (χ1v) is 9.30. The average Bonchev–Trinajstić information content (AvgIpc) is 3.13. The minimum Gasteiger partial charge on any atom is -0.444 e. The van der Waals surface area contributed by atoms with E-state index in [4.69, 9.17) is 9.26 Å². The second kappa shape index (κ2) is 8.65. The summed E-state index contributed by atoms with van der Waals surface area (Å²) in [7, 11) is 0. The molecule has 0 aromatic carbocycles. The number of amides is 1. The summed E-state index contributed by atoms with van der Waals surface area (Å²) in [4.78, 5) is 18.7. The number of carbonyl (C=O) groups excluding carboxylic acids is 1. The number of aryl methyl sites for hydroxylation is 1. The molecule has 0 saturated carbocycles. The normalized spacial score (nSPS) is 19.8. The molecule has 1 aromatic rings. The molecule has 142 valence electrons. The molecule has 0 aliphatic carbocycles. The highest BCUT2D eigenvalue weighted by Crippen LogP contribution is 2.21. The SMILES string of the molecule is CCCCc1nc(CN2CC[C@@H]([C@@H](C)NC(=O)OC(C)(C)C)C2)no1. The Labute approximate surface area is 150 Å². The number of unbranched alkanes of at least 4 members (excludes halogenated alkanes) is 1.